The predicted molar refractivity (Wildman–Crippen MR) is 97.0 cm³/mol. The van der Waals surface area contributed by atoms with Gasteiger partial charge in [-0.3, -0.25) is 13.9 Å². The molecule has 1 saturated carbocycles. The fourth-order valence-corrected chi connectivity index (χ4v) is 3.52. The standard InChI is InChI=1S/C20H23N3O3/c1-26-19(24)11-6-15-2-7-17(8-3-15)22-12-13-23(20(22)25)18-9-4-16(14-21)5-10-18/h2-3,7-8,12-13,16,18H,4-6,9-11H2,1H3. The molecule has 136 valence electrons. The number of esters is 1. The minimum absolute atomic E-state index is 0.0484. The molecule has 1 fully saturated rings. The molecule has 0 amide bonds. The number of imidazole rings is 1. The molecule has 0 saturated heterocycles. The number of hydrogen-bond acceptors (Lipinski definition) is 4. The molecule has 1 aliphatic rings. The Balaban J connectivity index is 1.71. The van der Waals surface area contributed by atoms with Crippen molar-refractivity contribution in [1.29, 1.82) is 5.26 Å². The molecule has 1 heterocycles. The normalized spacial score (nSPS) is 19.7. The third-order valence-corrected chi connectivity index (χ3v) is 5.14. The zero-order valence-electron chi connectivity index (χ0n) is 14.9. The Labute approximate surface area is 152 Å². The summed E-state index contributed by atoms with van der Waals surface area (Å²) in [4.78, 5) is 24.0. The minimum Gasteiger partial charge on any atom is -0.469 e. The van der Waals surface area contributed by atoms with E-state index in [1.165, 1.54) is 7.11 Å². The van der Waals surface area contributed by atoms with Gasteiger partial charge in [-0.25, -0.2) is 4.79 Å². The van der Waals surface area contributed by atoms with Gasteiger partial charge in [0.15, 0.2) is 0 Å². The summed E-state index contributed by atoms with van der Waals surface area (Å²) in [7, 11) is 1.38. The van der Waals surface area contributed by atoms with Crippen LogP contribution in [0.5, 0.6) is 0 Å². The van der Waals surface area contributed by atoms with Crippen LogP contribution in [0.1, 0.15) is 43.7 Å². The average molecular weight is 353 g/mol. The van der Waals surface area contributed by atoms with Gasteiger partial charge in [-0.2, -0.15) is 5.26 Å². The molecule has 1 aliphatic carbocycles. The Hall–Kier alpha value is -2.81. The van der Waals surface area contributed by atoms with E-state index < -0.39 is 0 Å². The van der Waals surface area contributed by atoms with Gasteiger partial charge in [0.1, 0.15) is 0 Å². The molecule has 0 radical (unpaired) electrons. The zero-order valence-corrected chi connectivity index (χ0v) is 14.9. The predicted octanol–water partition coefficient (Wildman–Crippen LogP) is 3.00. The number of carbonyl (C=O) groups excluding carboxylic acids is 1. The zero-order chi connectivity index (χ0) is 18.5. The Morgan fingerprint density at radius 1 is 1.19 bits per heavy atom. The Morgan fingerprint density at radius 3 is 2.50 bits per heavy atom. The molecule has 2 aromatic rings. The molecule has 3 rings (SSSR count). The van der Waals surface area contributed by atoms with Crippen molar-refractivity contribution in [3.8, 4) is 11.8 Å². The van der Waals surface area contributed by atoms with Crippen LogP contribution in [0.25, 0.3) is 5.69 Å². The SMILES string of the molecule is COC(=O)CCc1ccc(-n2ccn(C3CCC(C#N)CC3)c2=O)cc1. The van der Waals surface area contributed by atoms with Gasteiger partial charge in [0.2, 0.25) is 0 Å². The maximum atomic E-state index is 12.8. The van der Waals surface area contributed by atoms with E-state index in [9.17, 15) is 9.59 Å². The minimum atomic E-state index is -0.228. The van der Waals surface area contributed by atoms with Gasteiger partial charge in [0, 0.05) is 30.8 Å². The second kappa shape index (κ2) is 8.05. The molecular formula is C20H23N3O3. The number of ether oxygens (including phenoxy) is 1. The number of nitriles is 1. The number of methoxy groups -OCH3 is 1. The van der Waals surface area contributed by atoms with E-state index in [2.05, 4.69) is 10.8 Å². The maximum Gasteiger partial charge on any atom is 0.332 e. The Morgan fingerprint density at radius 2 is 1.88 bits per heavy atom. The fourth-order valence-electron chi connectivity index (χ4n) is 3.52. The Kier molecular flexibility index (Phi) is 5.57. The molecule has 26 heavy (non-hydrogen) atoms. The van der Waals surface area contributed by atoms with Gasteiger partial charge in [-0.1, -0.05) is 12.1 Å². The van der Waals surface area contributed by atoms with E-state index in [0.717, 1.165) is 36.9 Å². The van der Waals surface area contributed by atoms with Crippen LogP contribution < -0.4 is 5.69 Å². The highest BCUT2D eigenvalue weighted by Crippen LogP contribution is 2.31. The number of rotatable bonds is 5. The first-order chi connectivity index (χ1) is 12.6. The number of benzene rings is 1. The van der Waals surface area contributed by atoms with Crippen molar-refractivity contribution in [2.75, 3.05) is 7.11 Å². The van der Waals surface area contributed by atoms with E-state index >= 15 is 0 Å². The van der Waals surface area contributed by atoms with E-state index in [0.29, 0.717) is 12.8 Å². The summed E-state index contributed by atoms with van der Waals surface area (Å²) in [6.45, 7) is 0. The third kappa shape index (κ3) is 3.88. The van der Waals surface area contributed by atoms with Gasteiger partial charge in [-0.05, 0) is 49.8 Å². The summed E-state index contributed by atoms with van der Waals surface area (Å²) < 4.78 is 8.08. The van der Waals surface area contributed by atoms with Crippen LogP contribution in [0.15, 0.2) is 41.5 Å². The lowest BCUT2D eigenvalue weighted by Gasteiger charge is -2.25. The van der Waals surface area contributed by atoms with E-state index in [1.807, 2.05) is 30.5 Å². The van der Waals surface area contributed by atoms with E-state index in [1.54, 1.807) is 15.3 Å². The lowest BCUT2D eigenvalue weighted by atomic mass is 9.87. The third-order valence-electron chi connectivity index (χ3n) is 5.14. The number of carbonyl (C=O) groups is 1. The summed E-state index contributed by atoms with van der Waals surface area (Å²) >= 11 is 0. The highest BCUT2D eigenvalue weighted by molar-refractivity contribution is 5.69. The average Bonchev–Trinajstić information content (AvgIpc) is 3.08. The lowest BCUT2D eigenvalue weighted by Crippen LogP contribution is -2.28. The van der Waals surface area contributed by atoms with Crippen molar-refractivity contribution >= 4 is 5.97 Å². The number of nitrogens with zero attached hydrogens (tertiary/aromatic N) is 3. The van der Waals surface area contributed by atoms with Crippen molar-refractivity contribution in [3.63, 3.8) is 0 Å². The quantitative estimate of drug-likeness (QED) is 0.774. The van der Waals surface area contributed by atoms with E-state index in [-0.39, 0.29) is 23.6 Å². The summed E-state index contributed by atoms with van der Waals surface area (Å²) in [5.74, 6) is -0.102. The highest BCUT2D eigenvalue weighted by Gasteiger charge is 2.23. The number of aromatic nitrogens is 2. The molecule has 6 nitrogen and oxygen atoms in total. The molecule has 0 atom stereocenters. The van der Waals surface area contributed by atoms with Gasteiger partial charge in [0.05, 0.1) is 18.9 Å². The van der Waals surface area contributed by atoms with Gasteiger partial charge in [0.25, 0.3) is 0 Å². The topological polar surface area (TPSA) is 77.0 Å². The summed E-state index contributed by atoms with van der Waals surface area (Å²) in [6.07, 6.45) is 8.04. The number of hydrogen-bond donors (Lipinski definition) is 0. The van der Waals surface area contributed by atoms with Crippen molar-refractivity contribution in [2.45, 2.75) is 44.6 Å². The second-order valence-corrected chi connectivity index (χ2v) is 6.74. The Bertz CT molecular complexity index is 850. The van der Waals surface area contributed by atoms with Crippen LogP contribution in [0, 0.1) is 17.2 Å². The van der Waals surface area contributed by atoms with Crippen LogP contribution >= 0.6 is 0 Å². The second-order valence-electron chi connectivity index (χ2n) is 6.74. The molecule has 0 N–H and O–H groups in total. The van der Waals surface area contributed by atoms with Crippen LogP contribution in [0.2, 0.25) is 0 Å². The fraction of sp³-hybridized carbons (Fsp3) is 0.450. The van der Waals surface area contributed by atoms with Crippen molar-refractivity contribution in [2.24, 2.45) is 5.92 Å². The highest BCUT2D eigenvalue weighted by atomic mass is 16.5. The van der Waals surface area contributed by atoms with Crippen molar-refractivity contribution < 1.29 is 9.53 Å². The molecule has 0 spiro atoms. The smallest absolute Gasteiger partial charge is 0.332 e. The van der Waals surface area contributed by atoms with Crippen LogP contribution in [-0.2, 0) is 16.0 Å². The molecule has 0 unspecified atom stereocenters. The molecular weight excluding hydrogens is 330 g/mol. The lowest BCUT2D eigenvalue weighted by molar-refractivity contribution is -0.140. The molecule has 0 aliphatic heterocycles. The first kappa shape index (κ1) is 18.0. The maximum absolute atomic E-state index is 12.8. The molecule has 1 aromatic carbocycles. The van der Waals surface area contributed by atoms with Crippen LogP contribution in [0.3, 0.4) is 0 Å². The molecule has 6 heteroatoms. The van der Waals surface area contributed by atoms with Crippen molar-refractivity contribution in [1.82, 2.24) is 9.13 Å². The number of aryl methyl sites for hydroxylation is 1. The van der Waals surface area contributed by atoms with E-state index in [4.69, 9.17) is 5.26 Å². The first-order valence-electron chi connectivity index (χ1n) is 8.97. The van der Waals surface area contributed by atoms with Gasteiger partial charge >= 0.3 is 11.7 Å². The summed E-state index contributed by atoms with van der Waals surface area (Å²) in [5.41, 5.74) is 1.79. The monoisotopic (exact) mass is 353 g/mol. The van der Waals surface area contributed by atoms with Gasteiger partial charge < -0.3 is 4.74 Å². The largest absolute Gasteiger partial charge is 0.469 e. The van der Waals surface area contributed by atoms with Crippen LogP contribution in [0.4, 0.5) is 0 Å². The summed E-state index contributed by atoms with van der Waals surface area (Å²) in [6, 6.07) is 10.1. The summed E-state index contributed by atoms with van der Waals surface area (Å²) in [5, 5.41) is 9.01. The molecule has 1 aromatic heterocycles. The van der Waals surface area contributed by atoms with Crippen molar-refractivity contribution in [3.05, 3.63) is 52.7 Å². The van der Waals surface area contributed by atoms with Gasteiger partial charge in [-0.15, -0.1) is 0 Å². The van der Waals surface area contributed by atoms with Crippen LogP contribution in [-0.4, -0.2) is 22.2 Å². The first-order valence-corrected chi connectivity index (χ1v) is 8.97. The molecule has 0 bridgehead atoms.